The first-order valence-electron chi connectivity index (χ1n) is 8.75. The van der Waals surface area contributed by atoms with E-state index in [0.717, 1.165) is 31.5 Å². The van der Waals surface area contributed by atoms with Crippen LogP contribution in [0.5, 0.6) is 0 Å². The summed E-state index contributed by atoms with van der Waals surface area (Å²) >= 11 is 8.41. The average molecular weight is 512 g/mol. The topological polar surface area (TPSA) is 64.8 Å². The molecule has 0 bridgehead atoms. The summed E-state index contributed by atoms with van der Waals surface area (Å²) in [5, 5.41) is 14.5. The quantitative estimate of drug-likeness (QED) is 0.327. The number of anilines is 4. The van der Waals surface area contributed by atoms with E-state index in [4.69, 9.17) is 11.6 Å². The highest BCUT2D eigenvalue weighted by molar-refractivity contribution is 14.1. The molecule has 2 aromatic heterocycles. The van der Waals surface area contributed by atoms with Crippen LogP contribution in [0, 0.1) is 14.9 Å². The Hall–Kier alpha value is -2.89. The van der Waals surface area contributed by atoms with E-state index in [-0.39, 0.29) is 0 Å². The Labute approximate surface area is 187 Å². The molecule has 7 heteroatoms. The summed E-state index contributed by atoms with van der Waals surface area (Å²) in [4.78, 5) is 10.8. The molecule has 0 aliphatic rings. The van der Waals surface area contributed by atoms with Crippen molar-refractivity contribution in [3.05, 3.63) is 81.3 Å². The number of halogens is 2. The largest absolute Gasteiger partial charge is 0.354 e. The third-order valence-corrected chi connectivity index (χ3v) is 5.60. The van der Waals surface area contributed by atoms with Crippen LogP contribution < -0.4 is 10.2 Å². The molecular weight excluding hydrogens is 497 g/mol. The van der Waals surface area contributed by atoms with Gasteiger partial charge in [-0.25, -0.2) is 0 Å². The molecule has 0 saturated heterocycles. The Bertz CT molecular complexity index is 1240. The molecule has 0 amide bonds. The number of fused-ring (bicyclic) bond motifs is 1. The van der Waals surface area contributed by atoms with Gasteiger partial charge in [-0.15, -0.1) is 0 Å². The van der Waals surface area contributed by atoms with Gasteiger partial charge in [0.15, 0.2) is 0 Å². The minimum atomic E-state index is 0.467. The fourth-order valence-corrected chi connectivity index (χ4v) is 4.01. The molecule has 0 unspecified atom stereocenters. The highest BCUT2D eigenvalue weighted by atomic mass is 127. The smallest absolute Gasteiger partial charge is 0.103 e. The second-order valence-electron chi connectivity index (χ2n) is 6.39. The number of benzene rings is 2. The molecule has 0 aliphatic heterocycles. The lowest BCUT2D eigenvalue weighted by Gasteiger charge is -2.21. The van der Waals surface area contributed by atoms with Gasteiger partial charge < -0.3 is 10.2 Å². The fourth-order valence-electron chi connectivity index (χ4n) is 3.07. The standard InChI is InChI=1S/C22H15ClIN5/c1-29(17-6-3-7-26-13-17)18-9-19-21(28-16-5-2-4-15(23)8-16)14(11-25)12-27-22(19)20(24)10-18/h2-10,12-13H,1H3,(H,27,28). The van der Waals surface area contributed by atoms with E-state index in [1.807, 2.05) is 55.7 Å². The van der Waals surface area contributed by atoms with Crippen LogP contribution in [-0.4, -0.2) is 17.0 Å². The van der Waals surface area contributed by atoms with Crippen molar-refractivity contribution in [3.8, 4) is 6.07 Å². The van der Waals surface area contributed by atoms with E-state index in [9.17, 15) is 5.26 Å². The van der Waals surface area contributed by atoms with E-state index < -0.39 is 0 Å². The molecule has 0 atom stereocenters. The predicted octanol–water partition coefficient (Wildman–Crippen LogP) is 6.27. The zero-order valence-electron chi connectivity index (χ0n) is 15.4. The van der Waals surface area contributed by atoms with Gasteiger partial charge in [0.05, 0.1) is 28.7 Å². The minimum absolute atomic E-state index is 0.467. The lowest BCUT2D eigenvalue weighted by Crippen LogP contribution is -2.10. The highest BCUT2D eigenvalue weighted by Gasteiger charge is 2.15. The third-order valence-electron chi connectivity index (χ3n) is 4.54. The predicted molar refractivity (Wildman–Crippen MR) is 126 cm³/mol. The zero-order valence-corrected chi connectivity index (χ0v) is 18.3. The van der Waals surface area contributed by atoms with Crippen LogP contribution in [-0.2, 0) is 0 Å². The number of nitrogens with one attached hydrogen (secondary N) is 1. The molecule has 29 heavy (non-hydrogen) atoms. The maximum atomic E-state index is 9.66. The number of nitriles is 1. The van der Waals surface area contributed by atoms with Crippen molar-refractivity contribution >= 4 is 67.8 Å². The van der Waals surface area contributed by atoms with Crippen molar-refractivity contribution in [1.29, 1.82) is 5.26 Å². The Morgan fingerprint density at radius 3 is 2.69 bits per heavy atom. The lowest BCUT2D eigenvalue weighted by molar-refractivity contribution is 1.17. The first-order chi connectivity index (χ1) is 14.1. The van der Waals surface area contributed by atoms with Crippen molar-refractivity contribution in [2.24, 2.45) is 0 Å². The van der Waals surface area contributed by atoms with Gasteiger partial charge in [-0.05, 0) is 65.1 Å². The number of nitrogens with zero attached hydrogens (tertiary/aromatic N) is 4. The van der Waals surface area contributed by atoms with Gasteiger partial charge >= 0.3 is 0 Å². The average Bonchev–Trinajstić information content (AvgIpc) is 2.74. The molecular formula is C22H15ClIN5. The lowest BCUT2D eigenvalue weighted by atomic mass is 10.1. The van der Waals surface area contributed by atoms with Crippen LogP contribution in [0.15, 0.2) is 67.1 Å². The molecule has 142 valence electrons. The number of rotatable bonds is 4. The molecule has 2 heterocycles. The number of hydrogen-bond donors (Lipinski definition) is 1. The minimum Gasteiger partial charge on any atom is -0.354 e. The van der Waals surface area contributed by atoms with Crippen LogP contribution in [0.3, 0.4) is 0 Å². The monoisotopic (exact) mass is 511 g/mol. The zero-order chi connectivity index (χ0) is 20.4. The maximum absolute atomic E-state index is 9.66. The molecule has 0 fully saturated rings. The first kappa shape index (κ1) is 19.4. The number of pyridine rings is 2. The molecule has 2 aromatic carbocycles. The SMILES string of the molecule is CN(c1cccnc1)c1cc(I)c2ncc(C#N)c(Nc3cccc(Cl)c3)c2c1. The molecule has 0 radical (unpaired) electrons. The molecule has 1 N–H and O–H groups in total. The van der Waals surface area contributed by atoms with Crippen LogP contribution in [0.4, 0.5) is 22.7 Å². The fraction of sp³-hybridized carbons (Fsp3) is 0.0455. The van der Waals surface area contributed by atoms with Gasteiger partial charge in [0.2, 0.25) is 0 Å². The van der Waals surface area contributed by atoms with Crippen molar-refractivity contribution in [2.75, 3.05) is 17.3 Å². The maximum Gasteiger partial charge on any atom is 0.103 e. The molecule has 0 spiro atoms. The normalized spacial score (nSPS) is 10.6. The van der Waals surface area contributed by atoms with Crippen LogP contribution in [0.1, 0.15) is 5.56 Å². The molecule has 5 nitrogen and oxygen atoms in total. The second kappa shape index (κ2) is 8.23. The van der Waals surface area contributed by atoms with Gasteiger partial charge in [-0.2, -0.15) is 5.26 Å². The Kier molecular flexibility index (Phi) is 5.51. The second-order valence-corrected chi connectivity index (χ2v) is 7.99. The van der Waals surface area contributed by atoms with Crippen molar-refractivity contribution in [1.82, 2.24) is 9.97 Å². The highest BCUT2D eigenvalue weighted by Crippen LogP contribution is 2.36. The van der Waals surface area contributed by atoms with E-state index >= 15 is 0 Å². The van der Waals surface area contributed by atoms with Crippen LogP contribution >= 0.6 is 34.2 Å². The van der Waals surface area contributed by atoms with Gasteiger partial charge in [0.1, 0.15) is 6.07 Å². The summed E-state index contributed by atoms with van der Waals surface area (Å²) in [5.41, 5.74) is 4.76. The Morgan fingerprint density at radius 2 is 1.97 bits per heavy atom. The first-order valence-corrected chi connectivity index (χ1v) is 10.2. The van der Waals surface area contributed by atoms with Crippen LogP contribution in [0.25, 0.3) is 10.9 Å². The van der Waals surface area contributed by atoms with E-state index in [0.29, 0.717) is 16.3 Å². The Morgan fingerprint density at radius 1 is 1.10 bits per heavy atom. The summed E-state index contributed by atoms with van der Waals surface area (Å²) in [7, 11) is 1.99. The number of hydrogen-bond acceptors (Lipinski definition) is 5. The van der Waals surface area contributed by atoms with Crippen molar-refractivity contribution in [3.63, 3.8) is 0 Å². The van der Waals surface area contributed by atoms with Gasteiger partial charge in [-0.3, -0.25) is 9.97 Å². The summed E-state index contributed by atoms with van der Waals surface area (Å²) in [5.74, 6) is 0. The summed E-state index contributed by atoms with van der Waals surface area (Å²) in [6, 6.07) is 17.7. The molecule has 0 saturated carbocycles. The van der Waals surface area contributed by atoms with E-state index in [1.54, 1.807) is 12.4 Å². The molecule has 4 rings (SSSR count). The summed E-state index contributed by atoms with van der Waals surface area (Å²) in [6.07, 6.45) is 5.16. The van der Waals surface area contributed by atoms with Crippen LogP contribution in [0.2, 0.25) is 5.02 Å². The Balaban J connectivity index is 1.89. The van der Waals surface area contributed by atoms with E-state index in [2.05, 4.69) is 54.9 Å². The van der Waals surface area contributed by atoms with Gasteiger partial charge in [0.25, 0.3) is 0 Å². The molecule has 4 aromatic rings. The molecule has 0 aliphatic carbocycles. The number of aromatic nitrogens is 2. The van der Waals surface area contributed by atoms with Crippen molar-refractivity contribution < 1.29 is 0 Å². The van der Waals surface area contributed by atoms with Gasteiger partial charge in [0, 0.05) is 44.8 Å². The van der Waals surface area contributed by atoms with E-state index in [1.165, 1.54) is 0 Å². The van der Waals surface area contributed by atoms with Gasteiger partial charge in [-0.1, -0.05) is 17.7 Å². The third kappa shape index (κ3) is 3.97. The summed E-state index contributed by atoms with van der Waals surface area (Å²) < 4.78 is 0.990. The summed E-state index contributed by atoms with van der Waals surface area (Å²) in [6.45, 7) is 0. The van der Waals surface area contributed by atoms with Crippen molar-refractivity contribution in [2.45, 2.75) is 0 Å².